The summed E-state index contributed by atoms with van der Waals surface area (Å²) in [6, 6.07) is 17.8. The molecule has 2 aliphatic heterocycles. The van der Waals surface area contributed by atoms with Gasteiger partial charge < -0.3 is 14.7 Å². The van der Waals surface area contributed by atoms with E-state index in [2.05, 4.69) is 18.7 Å². The smallest absolute Gasteiger partial charge is 0.254 e. The van der Waals surface area contributed by atoms with E-state index in [4.69, 9.17) is 0 Å². The first-order valence-corrected chi connectivity index (χ1v) is 13.0. The van der Waals surface area contributed by atoms with Crippen molar-refractivity contribution in [3.63, 3.8) is 0 Å². The van der Waals surface area contributed by atoms with Gasteiger partial charge in [-0.2, -0.15) is 0 Å². The Kier molecular flexibility index (Phi) is 6.60. The number of nitrogens with zero attached hydrogens (tertiary/aromatic N) is 3. The molecule has 182 valence electrons. The highest BCUT2D eigenvalue weighted by Gasteiger charge is 2.46. The van der Waals surface area contributed by atoms with Crippen LogP contribution in [0.25, 0.3) is 0 Å². The fourth-order valence-corrected chi connectivity index (χ4v) is 6.14. The number of fused-ring (bicyclic) bond motifs is 1. The molecule has 0 aliphatic carbocycles. The van der Waals surface area contributed by atoms with Gasteiger partial charge in [-0.3, -0.25) is 9.59 Å². The number of benzene rings is 2. The van der Waals surface area contributed by atoms with E-state index >= 15 is 0 Å². The van der Waals surface area contributed by atoms with E-state index in [0.29, 0.717) is 38.3 Å². The maximum absolute atomic E-state index is 14.2. The second-order valence-electron chi connectivity index (χ2n) is 9.67. The molecular formula is C28H30FN3O2S. The molecule has 1 saturated heterocycles. The molecule has 2 aliphatic rings. The molecular weight excluding hydrogens is 461 g/mol. The highest BCUT2D eigenvalue weighted by molar-refractivity contribution is 7.10. The van der Waals surface area contributed by atoms with E-state index in [-0.39, 0.29) is 29.6 Å². The third kappa shape index (κ3) is 4.57. The minimum Gasteiger partial charge on any atom is -0.368 e. The van der Waals surface area contributed by atoms with E-state index in [0.717, 1.165) is 16.1 Å². The number of carbonyl (C=O) groups is 2. The van der Waals surface area contributed by atoms with Crippen LogP contribution in [-0.4, -0.2) is 54.3 Å². The fraction of sp³-hybridized carbons (Fsp3) is 0.357. The standard InChI is InChI=1S/C28H30FN3O2S/c1-19(2)18-32-26(24-8-5-17-35-24)25(22-6-3-4-7-23(22)27(32)33)28(34)31-15-13-30(14-16-31)21-11-9-20(29)10-12-21/h3-12,17,19,25-26H,13-16,18H2,1-2H3/t25-,26+/m1/s1. The number of hydrogen-bond acceptors (Lipinski definition) is 4. The number of anilines is 1. The van der Waals surface area contributed by atoms with Crippen LogP contribution in [0.5, 0.6) is 0 Å². The molecule has 35 heavy (non-hydrogen) atoms. The lowest BCUT2D eigenvalue weighted by atomic mass is 9.80. The summed E-state index contributed by atoms with van der Waals surface area (Å²) < 4.78 is 13.3. The lowest BCUT2D eigenvalue weighted by Gasteiger charge is -2.44. The van der Waals surface area contributed by atoms with Crippen LogP contribution in [0.15, 0.2) is 66.0 Å². The monoisotopic (exact) mass is 491 g/mol. The minimum atomic E-state index is -0.446. The normalized spacial score (nSPS) is 20.3. The highest BCUT2D eigenvalue weighted by atomic mass is 32.1. The summed E-state index contributed by atoms with van der Waals surface area (Å²) in [5.74, 6) is -0.354. The summed E-state index contributed by atoms with van der Waals surface area (Å²) >= 11 is 1.60. The van der Waals surface area contributed by atoms with Crippen molar-refractivity contribution in [3.05, 3.63) is 87.9 Å². The van der Waals surface area contributed by atoms with E-state index < -0.39 is 5.92 Å². The molecule has 1 fully saturated rings. The van der Waals surface area contributed by atoms with Gasteiger partial charge in [0, 0.05) is 48.9 Å². The van der Waals surface area contributed by atoms with Crippen LogP contribution in [0.2, 0.25) is 0 Å². The average molecular weight is 492 g/mol. The quantitative estimate of drug-likeness (QED) is 0.495. The lowest BCUT2D eigenvalue weighted by molar-refractivity contribution is -0.135. The molecule has 0 spiro atoms. The zero-order valence-electron chi connectivity index (χ0n) is 20.1. The Bertz CT molecular complexity index is 1190. The van der Waals surface area contributed by atoms with Crippen LogP contribution < -0.4 is 4.90 Å². The molecule has 3 heterocycles. The van der Waals surface area contributed by atoms with E-state index in [1.807, 2.05) is 51.6 Å². The minimum absolute atomic E-state index is 0.00196. The Hall–Kier alpha value is -3.19. The van der Waals surface area contributed by atoms with Gasteiger partial charge in [0.2, 0.25) is 5.91 Å². The van der Waals surface area contributed by atoms with Crippen molar-refractivity contribution >= 4 is 28.8 Å². The van der Waals surface area contributed by atoms with Gasteiger partial charge in [0.25, 0.3) is 5.91 Å². The van der Waals surface area contributed by atoms with Crippen molar-refractivity contribution in [3.8, 4) is 0 Å². The molecule has 2 amide bonds. The summed E-state index contributed by atoms with van der Waals surface area (Å²) in [5, 5.41) is 2.01. The fourth-order valence-electron chi connectivity index (χ4n) is 5.26. The second-order valence-corrected chi connectivity index (χ2v) is 10.6. The average Bonchev–Trinajstić information content (AvgIpc) is 3.40. The van der Waals surface area contributed by atoms with Crippen LogP contribution >= 0.6 is 11.3 Å². The van der Waals surface area contributed by atoms with Crippen molar-refractivity contribution in [2.24, 2.45) is 5.92 Å². The first-order chi connectivity index (χ1) is 16.9. The predicted octanol–water partition coefficient (Wildman–Crippen LogP) is 5.17. The summed E-state index contributed by atoms with van der Waals surface area (Å²) in [4.78, 5) is 34.8. The molecule has 5 rings (SSSR count). The molecule has 7 heteroatoms. The molecule has 5 nitrogen and oxygen atoms in total. The Morgan fingerprint density at radius 1 is 1.00 bits per heavy atom. The number of carbonyl (C=O) groups excluding carboxylic acids is 2. The maximum atomic E-state index is 14.2. The van der Waals surface area contributed by atoms with Gasteiger partial charge in [0.15, 0.2) is 0 Å². The topological polar surface area (TPSA) is 43.9 Å². The van der Waals surface area contributed by atoms with Crippen molar-refractivity contribution in [2.75, 3.05) is 37.6 Å². The predicted molar refractivity (Wildman–Crippen MR) is 137 cm³/mol. The van der Waals surface area contributed by atoms with E-state index in [9.17, 15) is 14.0 Å². The molecule has 0 bridgehead atoms. The molecule has 2 atom stereocenters. The second kappa shape index (κ2) is 9.82. The number of halogens is 1. The summed E-state index contributed by atoms with van der Waals surface area (Å²) in [6.45, 7) is 7.34. The lowest BCUT2D eigenvalue weighted by Crippen LogP contribution is -2.53. The van der Waals surface area contributed by atoms with Crippen molar-refractivity contribution in [1.82, 2.24) is 9.80 Å². The van der Waals surface area contributed by atoms with Crippen LogP contribution in [0.1, 0.15) is 46.6 Å². The number of thiophene rings is 1. The molecule has 1 aromatic heterocycles. The molecule has 0 radical (unpaired) electrons. The van der Waals surface area contributed by atoms with Crippen LogP contribution in [0.3, 0.4) is 0 Å². The van der Waals surface area contributed by atoms with E-state index in [1.165, 1.54) is 12.1 Å². The maximum Gasteiger partial charge on any atom is 0.254 e. The summed E-state index contributed by atoms with van der Waals surface area (Å²) in [7, 11) is 0. The zero-order chi connectivity index (χ0) is 24.5. The first-order valence-electron chi connectivity index (χ1n) is 12.2. The summed E-state index contributed by atoms with van der Waals surface area (Å²) in [5.41, 5.74) is 2.41. The van der Waals surface area contributed by atoms with Gasteiger partial charge in [-0.1, -0.05) is 38.1 Å². The number of amides is 2. The van der Waals surface area contributed by atoms with Crippen molar-refractivity contribution < 1.29 is 14.0 Å². The van der Waals surface area contributed by atoms with E-state index in [1.54, 1.807) is 23.5 Å². The zero-order valence-corrected chi connectivity index (χ0v) is 20.9. The highest BCUT2D eigenvalue weighted by Crippen LogP contribution is 2.45. The van der Waals surface area contributed by atoms with Gasteiger partial charge in [0.1, 0.15) is 5.82 Å². The Labute approximate surface area is 209 Å². The number of piperazine rings is 1. The van der Waals surface area contributed by atoms with Crippen molar-refractivity contribution in [2.45, 2.75) is 25.8 Å². The molecule has 0 saturated carbocycles. The molecule has 2 aromatic carbocycles. The van der Waals surface area contributed by atoms with Gasteiger partial charge >= 0.3 is 0 Å². The van der Waals surface area contributed by atoms with Crippen molar-refractivity contribution in [1.29, 1.82) is 0 Å². The first kappa shape index (κ1) is 23.5. The molecule has 3 aromatic rings. The molecule has 0 unspecified atom stereocenters. The van der Waals surface area contributed by atoms with Gasteiger partial charge in [-0.15, -0.1) is 11.3 Å². The van der Waals surface area contributed by atoms with Gasteiger partial charge in [-0.25, -0.2) is 4.39 Å². The number of rotatable bonds is 5. The number of hydrogen-bond donors (Lipinski definition) is 0. The Morgan fingerprint density at radius 3 is 2.37 bits per heavy atom. The molecule has 0 N–H and O–H groups in total. The van der Waals surface area contributed by atoms with Crippen LogP contribution in [0, 0.1) is 11.7 Å². The van der Waals surface area contributed by atoms with Gasteiger partial charge in [0.05, 0.1) is 12.0 Å². The van der Waals surface area contributed by atoms with Crippen LogP contribution in [0.4, 0.5) is 10.1 Å². The third-order valence-corrected chi connectivity index (χ3v) is 7.83. The Balaban J connectivity index is 1.46. The summed E-state index contributed by atoms with van der Waals surface area (Å²) in [6.07, 6.45) is 0. The SMILES string of the molecule is CC(C)CN1C(=O)c2ccccc2[C@@H](C(=O)N2CCN(c3ccc(F)cc3)CC2)[C@@H]1c1cccs1. The van der Waals surface area contributed by atoms with Gasteiger partial charge in [-0.05, 0) is 53.3 Å². The Morgan fingerprint density at radius 2 is 1.71 bits per heavy atom. The largest absolute Gasteiger partial charge is 0.368 e. The van der Waals surface area contributed by atoms with Crippen LogP contribution in [-0.2, 0) is 4.79 Å². The third-order valence-electron chi connectivity index (χ3n) is 6.88.